The summed E-state index contributed by atoms with van der Waals surface area (Å²) in [6.07, 6.45) is 1.07. The Balaban J connectivity index is 2.35. The molecule has 8 heteroatoms. The summed E-state index contributed by atoms with van der Waals surface area (Å²) in [6, 6.07) is 9.32. The van der Waals surface area contributed by atoms with Gasteiger partial charge in [0.1, 0.15) is 11.8 Å². The first-order chi connectivity index (χ1) is 12.8. The van der Waals surface area contributed by atoms with Gasteiger partial charge in [0.25, 0.3) is 0 Å². The number of nitrogens with one attached hydrogen (secondary N) is 1. The first kappa shape index (κ1) is 20.7. The largest absolute Gasteiger partial charge is 0.477 e. The molecule has 0 aliphatic heterocycles. The molecule has 1 aromatic heterocycles. The third kappa shape index (κ3) is 4.38. The lowest BCUT2D eigenvalue weighted by Gasteiger charge is -2.07. The van der Waals surface area contributed by atoms with Gasteiger partial charge in [0.15, 0.2) is 0 Å². The molecule has 2 N–H and O–H groups in total. The molecule has 0 saturated heterocycles. The van der Waals surface area contributed by atoms with Crippen LogP contribution >= 0.6 is 0 Å². The van der Waals surface area contributed by atoms with Crippen molar-refractivity contribution >= 4 is 16.0 Å². The van der Waals surface area contributed by atoms with Gasteiger partial charge in [0, 0.05) is 24.8 Å². The SMILES string of the molecule is CCc1c(C#N)c(-c2ccc(CCNS(=O)(=O)CC)cc2)c(C(=O)O)n1C. The summed E-state index contributed by atoms with van der Waals surface area (Å²) in [6.45, 7) is 3.76. The van der Waals surface area contributed by atoms with Crippen molar-refractivity contribution in [1.82, 2.24) is 9.29 Å². The topological polar surface area (TPSA) is 112 Å². The molecular formula is C19H23N3O4S. The second kappa shape index (κ2) is 8.37. The van der Waals surface area contributed by atoms with E-state index in [0.29, 0.717) is 41.8 Å². The number of sulfonamides is 1. The molecule has 7 nitrogen and oxygen atoms in total. The van der Waals surface area contributed by atoms with Gasteiger partial charge in [-0.05, 0) is 30.9 Å². The smallest absolute Gasteiger partial charge is 0.353 e. The zero-order valence-corrected chi connectivity index (χ0v) is 16.4. The van der Waals surface area contributed by atoms with Gasteiger partial charge in [-0.25, -0.2) is 17.9 Å². The first-order valence-corrected chi connectivity index (χ1v) is 10.3. The van der Waals surface area contributed by atoms with Gasteiger partial charge in [-0.3, -0.25) is 0 Å². The summed E-state index contributed by atoms with van der Waals surface area (Å²) in [5, 5.41) is 19.2. The van der Waals surface area contributed by atoms with Crippen LogP contribution in [0.5, 0.6) is 0 Å². The number of carboxylic acids is 1. The van der Waals surface area contributed by atoms with Gasteiger partial charge in [-0.15, -0.1) is 0 Å². The highest BCUT2D eigenvalue weighted by Crippen LogP contribution is 2.32. The van der Waals surface area contributed by atoms with Crippen LogP contribution in [0.15, 0.2) is 24.3 Å². The van der Waals surface area contributed by atoms with Crippen molar-refractivity contribution in [2.75, 3.05) is 12.3 Å². The molecule has 0 unspecified atom stereocenters. The van der Waals surface area contributed by atoms with Crippen LogP contribution in [0.3, 0.4) is 0 Å². The molecule has 2 rings (SSSR count). The van der Waals surface area contributed by atoms with Crippen LogP contribution in [0.25, 0.3) is 11.1 Å². The molecule has 0 radical (unpaired) electrons. The maximum Gasteiger partial charge on any atom is 0.353 e. The minimum Gasteiger partial charge on any atom is -0.477 e. The number of aromatic carboxylic acids is 1. The summed E-state index contributed by atoms with van der Waals surface area (Å²) in [7, 11) is -1.57. The first-order valence-electron chi connectivity index (χ1n) is 8.67. The van der Waals surface area contributed by atoms with E-state index in [1.54, 1.807) is 30.7 Å². The van der Waals surface area contributed by atoms with E-state index in [0.717, 1.165) is 5.56 Å². The molecule has 1 aromatic carbocycles. The van der Waals surface area contributed by atoms with Gasteiger partial charge < -0.3 is 9.67 Å². The highest BCUT2D eigenvalue weighted by atomic mass is 32.2. The van der Waals surface area contributed by atoms with Crippen molar-refractivity contribution in [2.24, 2.45) is 7.05 Å². The maximum atomic E-state index is 11.7. The van der Waals surface area contributed by atoms with Crippen LogP contribution in [-0.4, -0.2) is 36.4 Å². The predicted molar refractivity (Wildman–Crippen MR) is 103 cm³/mol. The highest BCUT2D eigenvalue weighted by Gasteiger charge is 2.25. The summed E-state index contributed by atoms with van der Waals surface area (Å²) >= 11 is 0. The van der Waals surface area contributed by atoms with Crippen molar-refractivity contribution in [3.63, 3.8) is 0 Å². The van der Waals surface area contributed by atoms with E-state index in [1.807, 2.05) is 19.1 Å². The van der Waals surface area contributed by atoms with E-state index in [4.69, 9.17) is 0 Å². The summed E-state index contributed by atoms with van der Waals surface area (Å²) in [4.78, 5) is 11.7. The van der Waals surface area contributed by atoms with Crippen molar-refractivity contribution in [1.29, 1.82) is 5.26 Å². The Morgan fingerprint density at radius 2 is 1.89 bits per heavy atom. The number of nitrogens with zero attached hydrogens (tertiary/aromatic N) is 2. The number of benzene rings is 1. The molecule has 0 fully saturated rings. The van der Waals surface area contributed by atoms with Gasteiger partial charge in [0.2, 0.25) is 10.0 Å². The van der Waals surface area contributed by atoms with Crippen LogP contribution in [0, 0.1) is 11.3 Å². The second-order valence-electron chi connectivity index (χ2n) is 6.12. The van der Waals surface area contributed by atoms with Crippen molar-refractivity contribution < 1.29 is 18.3 Å². The van der Waals surface area contributed by atoms with E-state index >= 15 is 0 Å². The lowest BCUT2D eigenvalue weighted by Crippen LogP contribution is -2.27. The number of aromatic nitrogens is 1. The molecule has 27 heavy (non-hydrogen) atoms. The molecular weight excluding hydrogens is 366 g/mol. The fourth-order valence-electron chi connectivity index (χ4n) is 3.09. The lowest BCUT2D eigenvalue weighted by molar-refractivity contribution is 0.0687. The third-order valence-electron chi connectivity index (χ3n) is 4.52. The third-order valence-corrected chi connectivity index (χ3v) is 5.93. The van der Waals surface area contributed by atoms with Gasteiger partial charge in [-0.1, -0.05) is 31.2 Å². The Morgan fingerprint density at radius 3 is 2.37 bits per heavy atom. The molecule has 0 spiro atoms. The Bertz CT molecular complexity index is 983. The van der Waals surface area contributed by atoms with Crippen LogP contribution in [0.2, 0.25) is 0 Å². The van der Waals surface area contributed by atoms with E-state index < -0.39 is 16.0 Å². The molecule has 0 bridgehead atoms. The molecule has 2 aromatic rings. The fourth-order valence-corrected chi connectivity index (χ4v) is 3.71. The van der Waals surface area contributed by atoms with Crippen molar-refractivity contribution in [2.45, 2.75) is 26.7 Å². The van der Waals surface area contributed by atoms with E-state index in [-0.39, 0.29) is 11.4 Å². The number of rotatable bonds is 8. The van der Waals surface area contributed by atoms with Crippen LogP contribution in [0.1, 0.15) is 41.2 Å². The average molecular weight is 389 g/mol. The number of carbonyl (C=O) groups is 1. The Morgan fingerprint density at radius 1 is 1.26 bits per heavy atom. The normalized spacial score (nSPS) is 11.3. The summed E-state index contributed by atoms with van der Waals surface area (Å²) in [5.41, 5.74) is 3.13. The van der Waals surface area contributed by atoms with Gasteiger partial charge in [-0.2, -0.15) is 5.26 Å². The van der Waals surface area contributed by atoms with Crippen LogP contribution < -0.4 is 4.72 Å². The Kier molecular flexibility index (Phi) is 6.41. The minimum absolute atomic E-state index is 0.0363. The molecule has 0 saturated carbocycles. The molecule has 0 amide bonds. The fraction of sp³-hybridized carbons (Fsp3) is 0.368. The van der Waals surface area contributed by atoms with E-state index in [1.165, 1.54) is 0 Å². The van der Waals surface area contributed by atoms with Gasteiger partial charge in [0.05, 0.1) is 11.3 Å². The van der Waals surface area contributed by atoms with E-state index in [2.05, 4.69) is 10.8 Å². The second-order valence-corrected chi connectivity index (χ2v) is 8.22. The molecule has 0 atom stereocenters. The van der Waals surface area contributed by atoms with Gasteiger partial charge >= 0.3 is 5.97 Å². The Labute approximate surface area is 159 Å². The zero-order valence-electron chi connectivity index (χ0n) is 15.6. The number of hydrogen-bond acceptors (Lipinski definition) is 4. The average Bonchev–Trinajstić information content (AvgIpc) is 2.93. The quantitative estimate of drug-likeness (QED) is 0.719. The van der Waals surface area contributed by atoms with Crippen LogP contribution in [0.4, 0.5) is 0 Å². The summed E-state index contributed by atoms with van der Waals surface area (Å²) < 4.78 is 27.0. The predicted octanol–water partition coefficient (Wildman–Crippen LogP) is 2.31. The minimum atomic E-state index is -3.22. The number of carboxylic acid groups (broad SMARTS) is 1. The van der Waals surface area contributed by atoms with Crippen molar-refractivity contribution in [3.8, 4) is 17.2 Å². The molecule has 0 aliphatic carbocycles. The lowest BCUT2D eigenvalue weighted by atomic mass is 9.98. The Hall–Kier alpha value is -2.63. The molecule has 1 heterocycles. The summed E-state index contributed by atoms with van der Waals surface area (Å²) in [5.74, 6) is -1.05. The van der Waals surface area contributed by atoms with E-state index in [9.17, 15) is 23.6 Å². The molecule has 0 aliphatic rings. The highest BCUT2D eigenvalue weighted by molar-refractivity contribution is 7.89. The number of nitriles is 1. The molecule has 144 valence electrons. The zero-order chi connectivity index (χ0) is 20.2. The maximum absolute atomic E-state index is 11.7. The standard InChI is InChI=1S/C19H23N3O4S/c1-4-16-15(12-20)17(18(19(23)24)22(16)3)14-8-6-13(7-9-14)10-11-21-27(25,26)5-2/h6-9,21H,4-5,10-11H2,1-3H3,(H,23,24). The van der Waals surface area contributed by atoms with Crippen LogP contribution in [-0.2, 0) is 29.9 Å². The number of hydrogen-bond donors (Lipinski definition) is 2. The monoisotopic (exact) mass is 389 g/mol. The van der Waals surface area contributed by atoms with Crippen molar-refractivity contribution in [3.05, 3.63) is 46.8 Å².